The van der Waals surface area contributed by atoms with Crippen molar-refractivity contribution < 1.29 is 26.0 Å². The molecule has 0 N–H and O–H groups in total. The van der Waals surface area contributed by atoms with Crippen LogP contribution < -0.4 is 0 Å². The van der Waals surface area contributed by atoms with Crippen LogP contribution in [0.5, 0.6) is 0 Å². The number of alkyl halides is 3. The van der Waals surface area contributed by atoms with Crippen LogP contribution in [0, 0.1) is 5.82 Å². The average Bonchev–Trinajstić information content (AvgIpc) is 2.37. The van der Waals surface area contributed by atoms with E-state index in [4.69, 9.17) is 0 Å². The second-order valence-corrected chi connectivity index (χ2v) is 6.50. The van der Waals surface area contributed by atoms with Gasteiger partial charge in [-0.15, -0.1) is 0 Å². The molecule has 0 aliphatic rings. The minimum absolute atomic E-state index is 0.00178. The maximum atomic E-state index is 13.0. The zero-order valence-electron chi connectivity index (χ0n) is 10.8. The number of rotatable bonds is 2. The third-order valence-electron chi connectivity index (χ3n) is 2.88. The van der Waals surface area contributed by atoms with Crippen LogP contribution in [-0.4, -0.2) is 14.7 Å². The highest BCUT2D eigenvalue weighted by atomic mass is 32.2. The van der Waals surface area contributed by atoms with Gasteiger partial charge < -0.3 is 0 Å². The van der Waals surface area contributed by atoms with Crippen molar-refractivity contribution in [3.63, 3.8) is 0 Å². The topological polar surface area (TPSA) is 34.1 Å². The highest BCUT2D eigenvalue weighted by Gasteiger charge is 2.34. The molecule has 21 heavy (non-hydrogen) atoms. The van der Waals surface area contributed by atoms with Gasteiger partial charge in [0, 0.05) is 6.26 Å². The molecule has 0 saturated carbocycles. The molecule has 2 aromatic rings. The van der Waals surface area contributed by atoms with Gasteiger partial charge in [-0.3, -0.25) is 0 Å². The Balaban J connectivity index is 2.57. The average molecular weight is 318 g/mol. The first kappa shape index (κ1) is 15.5. The molecule has 0 fully saturated rings. The number of halogens is 4. The van der Waals surface area contributed by atoms with E-state index in [2.05, 4.69) is 0 Å². The molecule has 112 valence electrons. The zero-order valence-corrected chi connectivity index (χ0v) is 11.6. The van der Waals surface area contributed by atoms with E-state index in [9.17, 15) is 26.0 Å². The summed E-state index contributed by atoms with van der Waals surface area (Å²) in [6.07, 6.45) is -3.70. The van der Waals surface area contributed by atoms with Gasteiger partial charge in [0.05, 0.1) is 10.5 Å². The monoisotopic (exact) mass is 318 g/mol. The van der Waals surface area contributed by atoms with Gasteiger partial charge in [-0.1, -0.05) is 18.2 Å². The second-order valence-electron chi connectivity index (χ2n) is 4.48. The van der Waals surface area contributed by atoms with Gasteiger partial charge in [0.15, 0.2) is 9.84 Å². The Morgan fingerprint density at radius 2 is 1.52 bits per heavy atom. The van der Waals surface area contributed by atoms with E-state index < -0.39 is 27.4 Å². The largest absolute Gasteiger partial charge is 0.417 e. The number of benzene rings is 2. The maximum absolute atomic E-state index is 13.0. The summed E-state index contributed by atoms with van der Waals surface area (Å²) in [7, 11) is -3.43. The summed E-state index contributed by atoms with van der Waals surface area (Å²) < 4.78 is 74.4. The van der Waals surface area contributed by atoms with Crippen LogP contribution in [0.4, 0.5) is 17.6 Å². The van der Waals surface area contributed by atoms with Crippen molar-refractivity contribution in [2.24, 2.45) is 0 Å². The SMILES string of the molecule is CS(=O)(=O)c1ccc(-c2ccc(F)cc2C(F)(F)F)cc1. The number of hydrogen-bond acceptors (Lipinski definition) is 2. The summed E-state index contributed by atoms with van der Waals surface area (Å²) in [5, 5.41) is 0. The number of sulfone groups is 1. The molecule has 0 spiro atoms. The molecule has 0 aromatic heterocycles. The molecule has 0 atom stereocenters. The van der Waals surface area contributed by atoms with Gasteiger partial charge in [0.1, 0.15) is 5.82 Å². The first-order valence-corrected chi connectivity index (χ1v) is 7.65. The molecule has 2 rings (SSSR count). The number of hydrogen-bond donors (Lipinski definition) is 0. The minimum atomic E-state index is -4.70. The van der Waals surface area contributed by atoms with E-state index in [-0.39, 0.29) is 16.0 Å². The predicted molar refractivity (Wildman–Crippen MR) is 69.9 cm³/mol. The van der Waals surface area contributed by atoms with Crippen LogP contribution in [0.1, 0.15) is 5.56 Å². The van der Waals surface area contributed by atoms with Gasteiger partial charge in [-0.25, -0.2) is 12.8 Å². The van der Waals surface area contributed by atoms with Crippen molar-refractivity contribution in [1.29, 1.82) is 0 Å². The lowest BCUT2D eigenvalue weighted by Gasteiger charge is -2.13. The van der Waals surface area contributed by atoms with Crippen molar-refractivity contribution in [3.05, 3.63) is 53.8 Å². The van der Waals surface area contributed by atoms with Gasteiger partial charge in [0.25, 0.3) is 0 Å². The maximum Gasteiger partial charge on any atom is 0.417 e. The fraction of sp³-hybridized carbons (Fsp3) is 0.143. The molecule has 0 aliphatic carbocycles. The van der Waals surface area contributed by atoms with E-state index in [1.165, 1.54) is 24.3 Å². The Morgan fingerprint density at radius 1 is 0.952 bits per heavy atom. The summed E-state index contributed by atoms with van der Waals surface area (Å²) in [6, 6.07) is 7.32. The van der Waals surface area contributed by atoms with Crippen molar-refractivity contribution in [1.82, 2.24) is 0 Å². The van der Waals surface area contributed by atoms with Gasteiger partial charge in [-0.2, -0.15) is 13.2 Å². The van der Waals surface area contributed by atoms with Crippen LogP contribution in [0.25, 0.3) is 11.1 Å². The Labute approximate surface area is 119 Å². The Hall–Kier alpha value is -1.89. The van der Waals surface area contributed by atoms with Crippen LogP contribution in [0.15, 0.2) is 47.4 Å². The fourth-order valence-electron chi connectivity index (χ4n) is 1.88. The van der Waals surface area contributed by atoms with E-state index in [0.29, 0.717) is 6.07 Å². The molecule has 7 heteroatoms. The lowest BCUT2D eigenvalue weighted by atomic mass is 9.99. The fourth-order valence-corrected chi connectivity index (χ4v) is 2.51. The highest BCUT2D eigenvalue weighted by Crippen LogP contribution is 2.37. The van der Waals surface area contributed by atoms with Gasteiger partial charge in [0.2, 0.25) is 0 Å². The van der Waals surface area contributed by atoms with E-state index in [0.717, 1.165) is 18.4 Å². The Morgan fingerprint density at radius 3 is 2.00 bits per heavy atom. The van der Waals surface area contributed by atoms with E-state index >= 15 is 0 Å². The van der Waals surface area contributed by atoms with Crippen molar-refractivity contribution in [2.45, 2.75) is 11.1 Å². The van der Waals surface area contributed by atoms with Crippen LogP contribution in [0.2, 0.25) is 0 Å². The normalized spacial score (nSPS) is 12.4. The van der Waals surface area contributed by atoms with Crippen molar-refractivity contribution in [3.8, 4) is 11.1 Å². The molecular formula is C14H10F4O2S. The van der Waals surface area contributed by atoms with Gasteiger partial charge in [-0.05, 0) is 35.4 Å². The minimum Gasteiger partial charge on any atom is -0.224 e. The summed E-state index contributed by atoms with van der Waals surface area (Å²) in [5.74, 6) is -0.987. The lowest BCUT2D eigenvalue weighted by Crippen LogP contribution is -2.08. The zero-order chi connectivity index (χ0) is 15.8. The highest BCUT2D eigenvalue weighted by molar-refractivity contribution is 7.90. The van der Waals surface area contributed by atoms with Crippen molar-refractivity contribution in [2.75, 3.05) is 6.26 Å². The first-order valence-electron chi connectivity index (χ1n) is 5.76. The van der Waals surface area contributed by atoms with Gasteiger partial charge >= 0.3 is 6.18 Å². The second kappa shape index (κ2) is 5.14. The smallest absolute Gasteiger partial charge is 0.224 e. The lowest BCUT2D eigenvalue weighted by molar-refractivity contribution is -0.137. The summed E-state index contributed by atoms with van der Waals surface area (Å²) >= 11 is 0. The molecule has 0 unspecified atom stereocenters. The summed E-state index contributed by atoms with van der Waals surface area (Å²) in [4.78, 5) is 0.00178. The van der Waals surface area contributed by atoms with Crippen LogP contribution in [-0.2, 0) is 16.0 Å². The third kappa shape index (κ3) is 3.41. The quantitative estimate of drug-likeness (QED) is 0.787. The van der Waals surface area contributed by atoms with Crippen LogP contribution >= 0.6 is 0 Å². The Bertz CT molecular complexity index is 763. The summed E-state index contributed by atoms with van der Waals surface area (Å²) in [6.45, 7) is 0. The Kier molecular flexibility index (Phi) is 3.79. The predicted octanol–water partition coefficient (Wildman–Crippen LogP) is 3.92. The molecular weight excluding hydrogens is 308 g/mol. The molecule has 2 nitrogen and oxygen atoms in total. The molecule has 0 amide bonds. The molecule has 2 aromatic carbocycles. The summed E-state index contributed by atoms with van der Waals surface area (Å²) in [5.41, 5.74) is -1.15. The van der Waals surface area contributed by atoms with E-state index in [1.54, 1.807) is 0 Å². The third-order valence-corrected chi connectivity index (χ3v) is 4.01. The van der Waals surface area contributed by atoms with Crippen LogP contribution in [0.3, 0.4) is 0 Å². The molecule has 0 aliphatic heterocycles. The molecule has 0 heterocycles. The van der Waals surface area contributed by atoms with Crippen molar-refractivity contribution >= 4 is 9.84 Å². The molecule has 0 bridgehead atoms. The first-order chi connectivity index (χ1) is 9.59. The standard InChI is InChI=1S/C14H10F4O2S/c1-21(19,20)11-5-2-9(3-6-11)12-7-4-10(15)8-13(12)14(16,17)18/h2-8H,1H3. The molecule has 0 saturated heterocycles. The molecule has 0 radical (unpaired) electrons. The van der Waals surface area contributed by atoms with E-state index in [1.807, 2.05) is 0 Å².